The zero-order chi connectivity index (χ0) is 19.5. The third-order valence-electron chi connectivity index (χ3n) is 5.87. The van der Waals surface area contributed by atoms with Crippen molar-refractivity contribution < 1.29 is 4.74 Å². The number of hydrogen-bond donors (Lipinski definition) is 1. The van der Waals surface area contributed by atoms with Crippen molar-refractivity contribution in [3.63, 3.8) is 0 Å². The van der Waals surface area contributed by atoms with E-state index < -0.39 is 0 Å². The number of anilines is 1. The number of fused-ring (bicyclic) bond motifs is 1. The summed E-state index contributed by atoms with van der Waals surface area (Å²) in [5.41, 5.74) is 1.01. The van der Waals surface area contributed by atoms with Crippen molar-refractivity contribution in [2.24, 2.45) is 5.92 Å². The Balaban J connectivity index is 1.37. The molecule has 1 unspecified atom stereocenters. The van der Waals surface area contributed by atoms with Crippen molar-refractivity contribution >= 4 is 28.6 Å². The minimum atomic E-state index is 0.474. The first kappa shape index (κ1) is 18.7. The predicted molar refractivity (Wildman–Crippen MR) is 118 cm³/mol. The van der Waals surface area contributed by atoms with E-state index in [-0.39, 0.29) is 0 Å². The summed E-state index contributed by atoms with van der Waals surface area (Å²) in [6, 6.07) is 8.51. The van der Waals surface area contributed by atoms with Crippen molar-refractivity contribution in [1.82, 2.24) is 19.7 Å². The minimum Gasteiger partial charge on any atom is -0.493 e. The molecule has 3 heterocycles. The largest absolute Gasteiger partial charge is 0.493 e. The second-order valence-electron chi connectivity index (χ2n) is 8.00. The number of hydrogen-bond acceptors (Lipinski definition) is 6. The lowest BCUT2D eigenvalue weighted by Crippen LogP contribution is -2.23. The van der Waals surface area contributed by atoms with Gasteiger partial charge in [0.15, 0.2) is 5.82 Å². The second kappa shape index (κ2) is 8.61. The van der Waals surface area contributed by atoms with Gasteiger partial charge in [-0.15, -0.1) is 0 Å². The van der Waals surface area contributed by atoms with Gasteiger partial charge < -0.3 is 10.1 Å². The number of aromatic nitrogens is 4. The Morgan fingerprint density at radius 2 is 2.07 bits per heavy atom. The van der Waals surface area contributed by atoms with E-state index in [2.05, 4.69) is 21.5 Å². The molecule has 5 rings (SSSR count). The first-order chi connectivity index (χ1) is 14.4. The van der Waals surface area contributed by atoms with Gasteiger partial charge in [-0.2, -0.15) is 21.8 Å². The molecular formula is C22H27N5OS. The highest BCUT2D eigenvalue weighted by molar-refractivity contribution is 7.99. The van der Waals surface area contributed by atoms with Gasteiger partial charge in [0, 0.05) is 24.2 Å². The van der Waals surface area contributed by atoms with Crippen LogP contribution in [0.4, 0.5) is 5.95 Å². The number of ether oxygens (including phenoxy) is 1. The highest BCUT2D eigenvalue weighted by atomic mass is 32.2. The molecule has 0 bridgehead atoms. The standard InChI is InChI=1S/C22H27N5OS/c1-2-5-17(6-3-1)25-22-23-11-9-21(26-22)27-19-7-4-8-20(18(19)13-24-27)28-14-16-10-12-29-15-16/h4,7-9,11,13,16-17H,1-3,5-6,10,12,14-15H2,(H,23,25,26). The highest BCUT2D eigenvalue weighted by Crippen LogP contribution is 2.29. The second-order valence-corrected chi connectivity index (χ2v) is 9.15. The van der Waals surface area contributed by atoms with Gasteiger partial charge in [0.25, 0.3) is 0 Å². The third-order valence-corrected chi connectivity index (χ3v) is 7.10. The third kappa shape index (κ3) is 4.20. The van der Waals surface area contributed by atoms with Gasteiger partial charge in [0.05, 0.1) is 23.7 Å². The van der Waals surface area contributed by atoms with Crippen LogP contribution in [0.3, 0.4) is 0 Å². The van der Waals surface area contributed by atoms with Crippen LogP contribution in [-0.4, -0.2) is 43.9 Å². The fraction of sp³-hybridized carbons (Fsp3) is 0.500. The molecule has 6 nitrogen and oxygen atoms in total. The average molecular weight is 410 g/mol. The average Bonchev–Trinajstić information content (AvgIpc) is 3.43. The zero-order valence-electron chi connectivity index (χ0n) is 16.6. The van der Waals surface area contributed by atoms with E-state index in [1.807, 2.05) is 40.8 Å². The summed E-state index contributed by atoms with van der Waals surface area (Å²) in [5, 5.41) is 9.14. The molecule has 0 radical (unpaired) electrons. The molecule has 2 fully saturated rings. The molecule has 29 heavy (non-hydrogen) atoms. The molecule has 3 aromatic rings. The molecule has 2 aromatic heterocycles. The minimum absolute atomic E-state index is 0.474. The molecule has 1 atom stereocenters. The Morgan fingerprint density at radius 3 is 2.93 bits per heavy atom. The molecule has 2 aliphatic rings. The topological polar surface area (TPSA) is 64.9 Å². The summed E-state index contributed by atoms with van der Waals surface area (Å²) in [6.45, 7) is 0.778. The molecule has 1 saturated heterocycles. The maximum atomic E-state index is 6.16. The van der Waals surface area contributed by atoms with Gasteiger partial charge in [-0.05, 0) is 42.9 Å². The van der Waals surface area contributed by atoms with Crippen molar-refractivity contribution in [3.8, 4) is 11.6 Å². The van der Waals surface area contributed by atoms with E-state index in [1.54, 1.807) is 6.20 Å². The zero-order valence-corrected chi connectivity index (χ0v) is 17.4. The van der Waals surface area contributed by atoms with Crippen LogP contribution in [0, 0.1) is 5.92 Å². The lowest BCUT2D eigenvalue weighted by molar-refractivity contribution is 0.266. The Hall–Kier alpha value is -2.28. The molecular weight excluding hydrogens is 382 g/mol. The van der Waals surface area contributed by atoms with Gasteiger partial charge in [-0.25, -0.2) is 9.67 Å². The smallest absolute Gasteiger partial charge is 0.224 e. The fourth-order valence-electron chi connectivity index (χ4n) is 4.22. The Labute approximate surface area is 175 Å². The van der Waals surface area contributed by atoms with Crippen LogP contribution in [-0.2, 0) is 0 Å². The molecule has 7 heteroatoms. The summed E-state index contributed by atoms with van der Waals surface area (Å²) < 4.78 is 8.04. The fourth-order valence-corrected chi connectivity index (χ4v) is 5.48. The lowest BCUT2D eigenvalue weighted by atomic mass is 9.96. The molecule has 0 amide bonds. The van der Waals surface area contributed by atoms with Crippen LogP contribution in [0.15, 0.2) is 36.7 Å². The molecule has 1 aliphatic heterocycles. The molecule has 1 N–H and O–H groups in total. The first-order valence-corrected chi connectivity index (χ1v) is 11.8. The lowest BCUT2D eigenvalue weighted by Gasteiger charge is -2.22. The molecule has 152 valence electrons. The monoisotopic (exact) mass is 409 g/mol. The van der Waals surface area contributed by atoms with E-state index >= 15 is 0 Å². The maximum absolute atomic E-state index is 6.16. The van der Waals surface area contributed by atoms with Crippen LogP contribution in [0.2, 0.25) is 0 Å². The number of rotatable bonds is 6. The normalized spacial score (nSPS) is 20.2. The molecule has 1 saturated carbocycles. The van der Waals surface area contributed by atoms with Crippen molar-refractivity contribution in [1.29, 1.82) is 0 Å². The molecule has 1 aromatic carbocycles. The SMILES string of the molecule is c1cc(OCC2CCSC2)c2cnn(-c3ccnc(NC4CCCCC4)n3)c2c1. The summed E-state index contributed by atoms with van der Waals surface area (Å²) in [6.07, 6.45) is 11.2. The quantitative estimate of drug-likeness (QED) is 0.637. The van der Waals surface area contributed by atoms with Crippen molar-refractivity contribution in [3.05, 3.63) is 36.7 Å². The Kier molecular flexibility index (Phi) is 5.56. The van der Waals surface area contributed by atoms with Crippen LogP contribution < -0.4 is 10.1 Å². The van der Waals surface area contributed by atoms with E-state index in [1.165, 1.54) is 50.0 Å². The summed E-state index contributed by atoms with van der Waals surface area (Å²) in [4.78, 5) is 9.16. The first-order valence-electron chi connectivity index (χ1n) is 10.6. The van der Waals surface area contributed by atoms with Crippen molar-refractivity contribution in [2.45, 2.75) is 44.6 Å². The summed E-state index contributed by atoms with van der Waals surface area (Å²) in [7, 11) is 0. The number of benzene rings is 1. The Bertz CT molecular complexity index is 963. The highest BCUT2D eigenvalue weighted by Gasteiger charge is 2.18. The van der Waals surface area contributed by atoms with Crippen LogP contribution in [0.1, 0.15) is 38.5 Å². The molecule has 0 spiro atoms. The van der Waals surface area contributed by atoms with Gasteiger partial charge in [-0.1, -0.05) is 25.3 Å². The number of nitrogens with zero attached hydrogens (tertiary/aromatic N) is 4. The summed E-state index contributed by atoms with van der Waals surface area (Å²) >= 11 is 2.02. The Morgan fingerprint density at radius 1 is 1.14 bits per heavy atom. The van der Waals surface area contributed by atoms with Crippen LogP contribution >= 0.6 is 11.8 Å². The van der Waals surface area contributed by atoms with E-state index in [9.17, 15) is 0 Å². The van der Waals surface area contributed by atoms with Gasteiger partial charge >= 0.3 is 0 Å². The van der Waals surface area contributed by atoms with E-state index in [4.69, 9.17) is 9.72 Å². The van der Waals surface area contributed by atoms with Gasteiger partial charge in [-0.3, -0.25) is 0 Å². The predicted octanol–water partition coefficient (Wildman–Crippen LogP) is 4.69. The number of thioether (sulfide) groups is 1. The van der Waals surface area contributed by atoms with Gasteiger partial charge in [0.2, 0.25) is 5.95 Å². The summed E-state index contributed by atoms with van der Waals surface area (Å²) in [5.74, 6) is 5.47. The van der Waals surface area contributed by atoms with Gasteiger partial charge in [0.1, 0.15) is 5.75 Å². The number of nitrogens with one attached hydrogen (secondary N) is 1. The van der Waals surface area contributed by atoms with Crippen molar-refractivity contribution in [2.75, 3.05) is 23.4 Å². The molecule has 1 aliphatic carbocycles. The van der Waals surface area contributed by atoms with Crippen LogP contribution in [0.25, 0.3) is 16.7 Å². The van der Waals surface area contributed by atoms with Crippen LogP contribution in [0.5, 0.6) is 5.75 Å². The van der Waals surface area contributed by atoms with E-state index in [0.29, 0.717) is 17.9 Å². The maximum Gasteiger partial charge on any atom is 0.224 e. The van der Waals surface area contributed by atoms with E-state index in [0.717, 1.165) is 29.1 Å².